The summed E-state index contributed by atoms with van der Waals surface area (Å²) < 4.78 is 5.51. The largest absolute Gasteiger partial charge is 0.492 e. The van der Waals surface area contributed by atoms with E-state index in [1.807, 2.05) is 6.92 Å². The molecule has 5 heteroatoms. The molecule has 0 spiro atoms. The smallest absolute Gasteiger partial charge is 0.227 e. The van der Waals surface area contributed by atoms with Gasteiger partial charge in [0.25, 0.3) is 0 Å². The number of benzene rings is 1. The number of anilines is 1. The van der Waals surface area contributed by atoms with Crippen LogP contribution in [0.2, 0.25) is 5.02 Å². The monoisotopic (exact) mass is 296 g/mol. The molecular weight excluding hydrogens is 276 g/mol. The van der Waals surface area contributed by atoms with Crippen molar-refractivity contribution in [3.05, 3.63) is 23.2 Å². The second-order valence-electron chi connectivity index (χ2n) is 5.10. The van der Waals surface area contributed by atoms with Crippen LogP contribution in [0.5, 0.6) is 5.75 Å². The van der Waals surface area contributed by atoms with Crippen LogP contribution < -0.4 is 15.8 Å². The Morgan fingerprint density at radius 1 is 1.50 bits per heavy atom. The summed E-state index contributed by atoms with van der Waals surface area (Å²) in [5, 5.41) is 3.51. The van der Waals surface area contributed by atoms with Crippen LogP contribution in [0.3, 0.4) is 0 Å². The van der Waals surface area contributed by atoms with Crippen LogP contribution in [-0.4, -0.2) is 19.1 Å². The molecule has 110 valence electrons. The van der Waals surface area contributed by atoms with E-state index in [0.717, 1.165) is 19.3 Å². The van der Waals surface area contributed by atoms with Crippen LogP contribution in [0, 0.1) is 11.8 Å². The first-order chi connectivity index (χ1) is 9.65. The number of nitrogens with one attached hydrogen (secondary N) is 1. The maximum atomic E-state index is 12.4. The molecule has 2 rings (SSSR count). The van der Waals surface area contributed by atoms with E-state index >= 15 is 0 Å². The molecule has 1 aliphatic carbocycles. The molecule has 1 aromatic rings. The lowest BCUT2D eigenvalue weighted by Gasteiger charge is -2.19. The second kappa shape index (κ2) is 6.95. The summed E-state index contributed by atoms with van der Waals surface area (Å²) in [7, 11) is 0. The van der Waals surface area contributed by atoms with Gasteiger partial charge in [-0.2, -0.15) is 0 Å². The van der Waals surface area contributed by atoms with Gasteiger partial charge in [0.15, 0.2) is 0 Å². The van der Waals surface area contributed by atoms with E-state index in [-0.39, 0.29) is 17.7 Å². The summed E-state index contributed by atoms with van der Waals surface area (Å²) >= 11 is 5.99. The van der Waals surface area contributed by atoms with Gasteiger partial charge in [0.05, 0.1) is 12.3 Å². The zero-order valence-electron chi connectivity index (χ0n) is 11.7. The second-order valence-corrected chi connectivity index (χ2v) is 5.53. The Hall–Kier alpha value is -1.26. The molecule has 1 aromatic carbocycles. The van der Waals surface area contributed by atoms with Crippen molar-refractivity contribution in [2.45, 2.75) is 26.2 Å². The predicted octanol–water partition coefficient (Wildman–Crippen LogP) is 3.05. The average molecular weight is 297 g/mol. The molecule has 0 aliphatic heterocycles. The molecule has 0 heterocycles. The van der Waals surface area contributed by atoms with E-state index in [9.17, 15) is 4.79 Å². The predicted molar refractivity (Wildman–Crippen MR) is 81.1 cm³/mol. The lowest BCUT2D eigenvalue weighted by Crippen LogP contribution is -2.29. The van der Waals surface area contributed by atoms with Crippen LogP contribution in [-0.2, 0) is 4.79 Å². The molecule has 3 N–H and O–H groups in total. The van der Waals surface area contributed by atoms with Crippen LogP contribution in [0.25, 0.3) is 0 Å². The van der Waals surface area contributed by atoms with Gasteiger partial charge in [-0.1, -0.05) is 18.0 Å². The van der Waals surface area contributed by atoms with Gasteiger partial charge in [0.2, 0.25) is 5.91 Å². The van der Waals surface area contributed by atoms with E-state index in [0.29, 0.717) is 29.6 Å². The molecule has 1 saturated carbocycles. The third kappa shape index (κ3) is 3.44. The van der Waals surface area contributed by atoms with Crippen molar-refractivity contribution in [1.82, 2.24) is 0 Å². The topological polar surface area (TPSA) is 64.3 Å². The number of halogens is 1. The fourth-order valence-corrected chi connectivity index (χ4v) is 2.94. The molecule has 4 nitrogen and oxygen atoms in total. The Labute approximate surface area is 124 Å². The molecule has 0 bridgehead atoms. The van der Waals surface area contributed by atoms with Crippen molar-refractivity contribution >= 4 is 23.2 Å². The Morgan fingerprint density at radius 3 is 3.00 bits per heavy atom. The number of hydrogen-bond acceptors (Lipinski definition) is 3. The van der Waals surface area contributed by atoms with Crippen molar-refractivity contribution < 1.29 is 9.53 Å². The fourth-order valence-electron chi connectivity index (χ4n) is 2.77. The molecular formula is C15H21ClN2O2. The summed E-state index contributed by atoms with van der Waals surface area (Å²) in [5.41, 5.74) is 6.36. The van der Waals surface area contributed by atoms with Gasteiger partial charge in [-0.25, -0.2) is 0 Å². The van der Waals surface area contributed by atoms with Crippen molar-refractivity contribution in [1.29, 1.82) is 0 Å². The highest BCUT2D eigenvalue weighted by atomic mass is 35.5. The van der Waals surface area contributed by atoms with E-state index in [1.54, 1.807) is 18.2 Å². The summed E-state index contributed by atoms with van der Waals surface area (Å²) in [4.78, 5) is 12.4. The fraction of sp³-hybridized carbons (Fsp3) is 0.533. The number of ether oxygens (including phenoxy) is 1. The average Bonchev–Trinajstić information content (AvgIpc) is 2.90. The maximum absolute atomic E-state index is 12.4. The molecule has 1 fully saturated rings. The SMILES string of the molecule is CCOc1ccc(Cl)cc1NC(=O)C1CCCC1CN. The van der Waals surface area contributed by atoms with Gasteiger partial charge in [0.1, 0.15) is 5.75 Å². The van der Waals surface area contributed by atoms with Crippen molar-refractivity contribution in [3.63, 3.8) is 0 Å². The number of hydrogen-bond donors (Lipinski definition) is 2. The van der Waals surface area contributed by atoms with Gasteiger partial charge >= 0.3 is 0 Å². The van der Waals surface area contributed by atoms with E-state index in [2.05, 4.69) is 5.32 Å². The Kier molecular flexibility index (Phi) is 5.26. The molecule has 2 atom stereocenters. The van der Waals surface area contributed by atoms with Crippen molar-refractivity contribution in [2.75, 3.05) is 18.5 Å². The van der Waals surface area contributed by atoms with Gasteiger partial charge in [-0.15, -0.1) is 0 Å². The highest BCUT2D eigenvalue weighted by Crippen LogP contribution is 2.34. The van der Waals surface area contributed by atoms with Gasteiger partial charge in [-0.3, -0.25) is 4.79 Å². The summed E-state index contributed by atoms with van der Waals surface area (Å²) in [6.07, 6.45) is 2.99. The third-order valence-electron chi connectivity index (χ3n) is 3.80. The van der Waals surface area contributed by atoms with Crippen LogP contribution in [0.4, 0.5) is 5.69 Å². The first kappa shape index (κ1) is 15.1. The molecule has 20 heavy (non-hydrogen) atoms. The van der Waals surface area contributed by atoms with Gasteiger partial charge in [-0.05, 0) is 50.4 Å². The maximum Gasteiger partial charge on any atom is 0.227 e. The lowest BCUT2D eigenvalue weighted by atomic mass is 9.95. The summed E-state index contributed by atoms with van der Waals surface area (Å²) in [6.45, 7) is 3.01. The highest BCUT2D eigenvalue weighted by molar-refractivity contribution is 6.31. The quantitative estimate of drug-likeness (QED) is 0.878. The molecule has 1 aliphatic rings. The Morgan fingerprint density at radius 2 is 2.30 bits per heavy atom. The lowest BCUT2D eigenvalue weighted by molar-refractivity contribution is -0.120. The highest BCUT2D eigenvalue weighted by Gasteiger charge is 2.32. The van der Waals surface area contributed by atoms with Crippen molar-refractivity contribution in [2.24, 2.45) is 17.6 Å². The van der Waals surface area contributed by atoms with Crippen LogP contribution in [0.15, 0.2) is 18.2 Å². The minimum atomic E-state index is -0.00606. The number of carbonyl (C=O) groups excluding carboxylic acids is 1. The number of rotatable bonds is 5. The summed E-state index contributed by atoms with van der Waals surface area (Å²) in [5.74, 6) is 0.937. The van der Waals surface area contributed by atoms with E-state index in [1.165, 1.54) is 0 Å². The van der Waals surface area contributed by atoms with Crippen LogP contribution in [0.1, 0.15) is 26.2 Å². The number of nitrogens with two attached hydrogens (primary N) is 1. The number of carbonyl (C=O) groups is 1. The normalized spacial score (nSPS) is 21.8. The molecule has 1 amide bonds. The molecule has 0 saturated heterocycles. The minimum Gasteiger partial charge on any atom is -0.492 e. The standard InChI is InChI=1S/C15H21ClN2O2/c1-2-20-14-7-6-11(16)8-13(14)18-15(19)12-5-3-4-10(12)9-17/h6-8,10,12H,2-5,9,17H2,1H3,(H,18,19). The van der Waals surface area contributed by atoms with E-state index < -0.39 is 0 Å². The minimum absolute atomic E-state index is 0.00606. The first-order valence-electron chi connectivity index (χ1n) is 7.09. The van der Waals surface area contributed by atoms with Crippen molar-refractivity contribution in [3.8, 4) is 5.75 Å². The molecule has 2 unspecified atom stereocenters. The zero-order valence-corrected chi connectivity index (χ0v) is 12.5. The first-order valence-corrected chi connectivity index (χ1v) is 7.46. The van der Waals surface area contributed by atoms with E-state index in [4.69, 9.17) is 22.1 Å². The summed E-state index contributed by atoms with van der Waals surface area (Å²) in [6, 6.07) is 5.24. The molecule has 0 aromatic heterocycles. The third-order valence-corrected chi connectivity index (χ3v) is 4.03. The molecule has 0 radical (unpaired) electrons. The van der Waals surface area contributed by atoms with Gasteiger partial charge < -0.3 is 15.8 Å². The van der Waals surface area contributed by atoms with Crippen LogP contribution >= 0.6 is 11.6 Å². The number of amides is 1. The Bertz CT molecular complexity index is 479. The zero-order chi connectivity index (χ0) is 14.5. The Balaban J connectivity index is 2.12. The van der Waals surface area contributed by atoms with Gasteiger partial charge in [0, 0.05) is 10.9 Å².